The van der Waals surface area contributed by atoms with E-state index in [-0.39, 0.29) is 11.4 Å². The van der Waals surface area contributed by atoms with Crippen LogP contribution in [0.4, 0.5) is 11.4 Å². The summed E-state index contributed by atoms with van der Waals surface area (Å²) in [5.74, 6) is -0.861. The van der Waals surface area contributed by atoms with Crippen molar-refractivity contribution in [1.82, 2.24) is 4.98 Å². The van der Waals surface area contributed by atoms with Crippen LogP contribution in [0, 0.1) is 10.1 Å². The Hall–Kier alpha value is -3.68. The van der Waals surface area contributed by atoms with Gasteiger partial charge in [0.1, 0.15) is 5.69 Å². The zero-order valence-electron chi connectivity index (χ0n) is 13.1. The van der Waals surface area contributed by atoms with E-state index in [4.69, 9.17) is 0 Å². The molecule has 1 amide bonds. The summed E-state index contributed by atoms with van der Waals surface area (Å²) in [5, 5.41) is 14.1. The Kier molecular flexibility index (Phi) is 4.17. The van der Waals surface area contributed by atoms with Gasteiger partial charge in [-0.05, 0) is 36.4 Å². The van der Waals surface area contributed by atoms with E-state index in [1.165, 1.54) is 31.4 Å². The van der Waals surface area contributed by atoms with Crippen molar-refractivity contribution in [3.05, 3.63) is 69.9 Å². The minimum Gasteiger partial charge on any atom is -0.465 e. The second kappa shape index (κ2) is 6.44. The van der Waals surface area contributed by atoms with Crippen molar-refractivity contribution in [3.8, 4) is 0 Å². The van der Waals surface area contributed by atoms with Crippen molar-refractivity contribution in [1.29, 1.82) is 0 Å². The number of nitro benzene ring substituents is 1. The third-order valence-corrected chi connectivity index (χ3v) is 3.62. The van der Waals surface area contributed by atoms with Gasteiger partial charge in [0, 0.05) is 28.7 Å². The maximum Gasteiger partial charge on any atom is 0.337 e. The number of H-pyrrole nitrogens is 1. The van der Waals surface area contributed by atoms with Crippen LogP contribution in [0.5, 0.6) is 0 Å². The number of nitro groups is 1. The minimum atomic E-state index is -0.491. The van der Waals surface area contributed by atoms with E-state index < -0.39 is 16.8 Å². The first-order valence-electron chi connectivity index (χ1n) is 7.25. The Morgan fingerprint density at radius 1 is 1.12 bits per heavy atom. The quantitative estimate of drug-likeness (QED) is 0.430. The number of carbonyl (C=O) groups is 2. The lowest BCUT2D eigenvalue weighted by atomic mass is 10.2. The van der Waals surface area contributed by atoms with Gasteiger partial charge in [-0.25, -0.2) is 4.79 Å². The summed E-state index contributed by atoms with van der Waals surface area (Å²) in [4.78, 5) is 36.9. The molecule has 126 valence electrons. The molecular weight excluding hydrogens is 326 g/mol. The van der Waals surface area contributed by atoms with Crippen LogP contribution < -0.4 is 5.32 Å². The molecule has 0 aliphatic heterocycles. The molecule has 1 aromatic heterocycles. The summed E-state index contributed by atoms with van der Waals surface area (Å²) in [6.07, 6.45) is 0. The Labute approximate surface area is 141 Å². The van der Waals surface area contributed by atoms with Crippen molar-refractivity contribution in [2.24, 2.45) is 0 Å². The molecule has 0 saturated carbocycles. The van der Waals surface area contributed by atoms with Gasteiger partial charge in [-0.2, -0.15) is 0 Å². The zero-order chi connectivity index (χ0) is 18.0. The van der Waals surface area contributed by atoms with Crippen LogP contribution in [0.15, 0.2) is 48.5 Å². The lowest BCUT2D eigenvalue weighted by Gasteiger charge is -2.04. The number of benzene rings is 2. The van der Waals surface area contributed by atoms with Crippen molar-refractivity contribution >= 4 is 34.2 Å². The van der Waals surface area contributed by atoms with E-state index in [1.54, 1.807) is 24.3 Å². The fourth-order valence-corrected chi connectivity index (χ4v) is 2.36. The number of nitrogens with zero attached hydrogens (tertiary/aromatic N) is 1. The van der Waals surface area contributed by atoms with Crippen molar-refractivity contribution in [3.63, 3.8) is 0 Å². The van der Waals surface area contributed by atoms with Crippen LogP contribution >= 0.6 is 0 Å². The number of esters is 1. The van der Waals surface area contributed by atoms with Gasteiger partial charge in [-0.15, -0.1) is 0 Å². The van der Waals surface area contributed by atoms with Crippen molar-refractivity contribution in [2.45, 2.75) is 0 Å². The number of hydrogen-bond acceptors (Lipinski definition) is 5. The highest BCUT2D eigenvalue weighted by molar-refractivity contribution is 6.06. The van der Waals surface area contributed by atoms with Gasteiger partial charge < -0.3 is 15.0 Å². The van der Waals surface area contributed by atoms with Crippen LogP contribution in [0.25, 0.3) is 10.9 Å². The molecule has 25 heavy (non-hydrogen) atoms. The molecule has 0 aliphatic carbocycles. The number of fused-ring (bicyclic) bond motifs is 1. The Morgan fingerprint density at radius 2 is 1.84 bits per heavy atom. The topological polar surface area (TPSA) is 114 Å². The van der Waals surface area contributed by atoms with E-state index in [9.17, 15) is 19.7 Å². The first kappa shape index (κ1) is 16.2. The summed E-state index contributed by atoms with van der Waals surface area (Å²) >= 11 is 0. The molecule has 3 rings (SSSR count). The van der Waals surface area contributed by atoms with Crippen molar-refractivity contribution < 1.29 is 19.2 Å². The molecule has 1 heterocycles. The number of nitrogens with one attached hydrogen (secondary N) is 2. The van der Waals surface area contributed by atoms with Gasteiger partial charge in [-0.3, -0.25) is 14.9 Å². The molecule has 0 atom stereocenters. The van der Waals surface area contributed by atoms with E-state index in [1.807, 2.05) is 0 Å². The maximum absolute atomic E-state index is 12.3. The largest absolute Gasteiger partial charge is 0.465 e. The number of non-ortho nitro benzene ring substituents is 1. The summed E-state index contributed by atoms with van der Waals surface area (Å²) in [6, 6.07) is 12.1. The predicted molar refractivity (Wildman–Crippen MR) is 90.7 cm³/mol. The summed E-state index contributed by atoms with van der Waals surface area (Å²) in [7, 11) is 1.29. The standard InChI is InChI=1S/C17H13N3O5/c1-25-17(22)10-2-4-12(5-3-10)18-16(21)15-9-11-8-13(20(23)24)6-7-14(11)19-15/h2-9,19H,1H3,(H,18,21). The SMILES string of the molecule is COC(=O)c1ccc(NC(=O)c2cc3cc([N+](=O)[O-])ccc3[nH]2)cc1. The second-order valence-electron chi connectivity index (χ2n) is 5.23. The van der Waals surface area contributed by atoms with Gasteiger partial charge in [-0.1, -0.05) is 0 Å². The smallest absolute Gasteiger partial charge is 0.337 e. The molecule has 0 aliphatic rings. The number of anilines is 1. The van der Waals surface area contributed by atoms with Crippen LogP contribution in [-0.2, 0) is 4.74 Å². The van der Waals surface area contributed by atoms with Gasteiger partial charge in [0.2, 0.25) is 0 Å². The second-order valence-corrected chi connectivity index (χ2v) is 5.23. The van der Waals surface area contributed by atoms with Crippen LogP contribution in [0.1, 0.15) is 20.8 Å². The van der Waals surface area contributed by atoms with Gasteiger partial charge in [0.25, 0.3) is 11.6 Å². The summed E-state index contributed by atoms with van der Waals surface area (Å²) in [6.45, 7) is 0. The lowest BCUT2D eigenvalue weighted by molar-refractivity contribution is -0.384. The number of rotatable bonds is 4. The minimum absolute atomic E-state index is 0.0446. The highest BCUT2D eigenvalue weighted by Gasteiger charge is 2.13. The number of carbonyl (C=O) groups excluding carboxylic acids is 2. The van der Waals surface area contributed by atoms with Gasteiger partial charge in [0.05, 0.1) is 17.6 Å². The average Bonchev–Trinajstić information content (AvgIpc) is 3.05. The highest BCUT2D eigenvalue weighted by atomic mass is 16.6. The van der Waals surface area contributed by atoms with Crippen LogP contribution in [0.2, 0.25) is 0 Å². The molecule has 0 radical (unpaired) electrons. The molecule has 0 unspecified atom stereocenters. The third kappa shape index (κ3) is 3.32. The van der Waals surface area contributed by atoms with E-state index >= 15 is 0 Å². The Balaban J connectivity index is 1.80. The number of ether oxygens (including phenoxy) is 1. The van der Waals surface area contributed by atoms with Crippen LogP contribution in [-0.4, -0.2) is 28.9 Å². The van der Waals surface area contributed by atoms with Gasteiger partial charge >= 0.3 is 5.97 Å². The van der Waals surface area contributed by atoms with Gasteiger partial charge in [0.15, 0.2) is 0 Å². The fraction of sp³-hybridized carbons (Fsp3) is 0.0588. The first-order valence-corrected chi connectivity index (χ1v) is 7.25. The Morgan fingerprint density at radius 3 is 2.48 bits per heavy atom. The molecular formula is C17H13N3O5. The number of aromatic amines is 1. The molecule has 2 N–H and O–H groups in total. The molecule has 2 aromatic carbocycles. The zero-order valence-corrected chi connectivity index (χ0v) is 13.1. The average molecular weight is 339 g/mol. The molecule has 0 spiro atoms. The predicted octanol–water partition coefficient (Wildman–Crippen LogP) is 3.12. The molecule has 3 aromatic rings. The lowest BCUT2D eigenvalue weighted by Crippen LogP contribution is -2.12. The molecule has 0 fully saturated rings. The molecule has 0 saturated heterocycles. The molecule has 0 bridgehead atoms. The monoisotopic (exact) mass is 339 g/mol. The highest BCUT2D eigenvalue weighted by Crippen LogP contribution is 2.22. The molecule has 8 heteroatoms. The maximum atomic E-state index is 12.3. The summed E-state index contributed by atoms with van der Waals surface area (Å²) in [5.41, 5.74) is 1.72. The van der Waals surface area contributed by atoms with E-state index in [2.05, 4.69) is 15.0 Å². The first-order chi connectivity index (χ1) is 12.0. The number of hydrogen-bond donors (Lipinski definition) is 2. The fourth-order valence-electron chi connectivity index (χ4n) is 2.36. The van der Waals surface area contributed by atoms with E-state index in [0.717, 1.165) is 0 Å². The normalized spacial score (nSPS) is 10.4. The van der Waals surface area contributed by atoms with Crippen LogP contribution in [0.3, 0.4) is 0 Å². The van der Waals surface area contributed by atoms with Crippen molar-refractivity contribution in [2.75, 3.05) is 12.4 Å². The molecule has 8 nitrogen and oxygen atoms in total. The number of amides is 1. The summed E-state index contributed by atoms with van der Waals surface area (Å²) < 4.78 is 4.61. The number of aromatic nitrogens is 1. The Bertz CT molecular complexity index is 976. The van der Waals surface area contributed by atoms with E-state index in [0.29, 0.717) is 22.2 Å². The number of methoxy groups -OCH3 is 1. The third-order valence-electron chi connectivity index (χ3n) is 3.62.